The number of nitrogens with one attached hydrogen (secondary N) is 2. The van der Waals surface area contributed by atoms with E-state index < -0.39 is 35.2 Å². The Hall–Kier alpha value is -4.37. The Bertz CT molecular complexity index is 1600. The number of rotatable bonds is 7. The van der Waals surface area contributed by atoms with Gasteiger partial charge in [0, 0.05) is 31.9 Å². The number of hydrogen-bond donors (Lipinski definition) is 3. The van der Waals surface area contributed by atoms with Crippen LogP contribution < -0.4 is 25.8 Å². The predicted octanol–water partition coefficient (Wildman–Crippen LogP) is 2.54. The van der Waals surface area contributed by atoms with E-state index in [-0.39, 0.29) is 22.8 Å². The first kappa shape index (κ1) is 27.8. The largest absolute Gasteiger partial charge is 0.573 e. The fourth-order valence-electron chi connectivity index (χ4n) is 5.46. The molecule has 42 heavy (non-hydrogen) atoms. The van der Waals surface area contributed by atoms with Crippen LogP contribution in [0.2, 0.25) is 0 Å². The van der Waals surface area contributed by atoms with Crippen LogP contribution in [-0.2, 0) is 9.53 Å². The van der Waals surface area contributed by atoms with Gasteiger partial charge in [-0.15, -0.1) is 13.2 Å². The molecular formula is C27H27F3N6O6. The van der Waals surface area contributed by atoms with Crippen LogP contribution in [0.25, 0.3) is 16.6 Å². The number of anilines is 2. The molecule has 3 heterocycles. The topological polar surface area (TPSA) is 138 Å². The zero-order valence-corrected chi connectivity index (χ0v) is 22.2. The molecule has 2 saturated heterocycles. The summed E-state index contributed by atoms with van der Waals surface area (Å²) in [5, 5.41) is 14.2. The molecule has 1 saturated carbocycles. The van der Waals surface area contributed by atoms with Crippen LogP contribution in [0.15, 0.2) is 47.5 Å². The van der Waals surface area contributed by atoms with Gasteiger partial charge >= 0.3 is 12.5 Å². The van der Waals surface area contributed by atoms with Crippen LogP contribution in [0.5, 0.6) is 5.75 Å². The molecule has 15 heteroatoms. The van der Waals surface area contributed by atoms with Crippen molar-refractivity contribution in [2.24, 2.45) is 0 Å². The molecule has 2 aromatic carbocycles. The Morgan fingerprint density at radius 1 is 1.07 bits per heavy atom. The monoisotopic (exact) mass is 588 g/mol. The molecule has 3 fully saturated rings. The van der Waals surface area contributed by atoms with E-state index >= 15 is 0 Å². The minimum atomic E-state index is -5.00. The number of carbonyl (C=O) groups is 2. The third-order valence-electron chi connectivity index (χ3n) is 7.79. The average Bonchev–Trinajstić information content (AvgIpc) is 3.74. The predicted molar refractivity (Wildman–Crippen MR) is 144 cm³/mol. The van der Waals surface area contributed by atoms with Gasteiger partial charge in [-0.3, -0.25) is 19.1 Å². The van der Waals surface area contributed by atoms with E-state index in [4.69, 9.17) is 9.84 Å². The first-order valence-corrected chi connectivity index (χ1v) is 13.3. The summed E-state index contributed by atoms with van der Waals surface area (Å²) < 4.78 is 50.3. The number of amides is 2. The van der Waals surface area contributed by atoms with E-state index in [1.165, 1.54) is 23.0 Å². The van der Waals surface area contributed by atoms with Gasteiger partial charge in [-0.25, -0.2) is 9.78 Å². The smallest absolute Gasteiger partial charge is 0.465 e. The van der Waals surface area contributed by atoms with Crippen molar-refractivity contribution in [3.63, 3.8) is 0 Å². The quantitative estimate of drug-likeness (QED) is 0.380. The lowest BCUT2D eigenvalue weighted by molar-refractivity contribution is -0.274. The van der Waals surface area contributed by atoms with Gasteiger partial charge < -0.3 is 30.1 Å². The number of hydrogen-bond acceptors (Lipinski definition) is 8. The van der Waals surface area contributed by atoms with Crippen molar-refractivity contribution in [3.8, 4) is 11.4 Å². The Kier molecular flexibility index (Phi) is 6.93. The Morgan fingerprint density at radius 3 is 2.45 bits per heavy atom. The number of nitrogens with zero attached hydrogens (tertiary/aromatic N) is 4. The Morgan fingerprint density at radius 2 is 1.79 bits per heavy atom. The lowest BCUT2D eigenvalue weighted by Gasteiger charge is -2.40. The maximum absolute atomic E-state index is 13.4. The van der Waals surface area contributed by atoms with Crippen LogP contribution >= 0.6 is 0 Å². The number of morpholine rings is 1. The van der Waals surface area contributed by atoms with E-state index in [9.17, 15) is 27.6 Å². The first-order valence-electron chi connectivity index (χ1n) is 13.3. The number of aromatic nitrogens is 2. The van der Waals surface area contributed by atoms with E-state index in [0.717, 1.165) is 11.8 Å². The van der Waals surface area contributed by atoms with Crippen LogP contribution in [0.4, 0.5) is 29.3 Å². The Balaban J connectivity index is 1.28. The SMILES string of the molecule is O=C(O)NC1CN(c2ccc3c(=O)n(-c4ccc(OC(F)(F)F)c(NC(=O)C5(N6CCOCC6)CC5)c4)cnc3c2)C1. The van der Waals surface area contributed by atoms with Gasteiger partial charge in [-0.2, -0.15) is 0 Å². The van der Waals surface area contributed by atoms with Gasteiger partial charge in [0.25, 0.3) is 5.56 Å². The van der Waals surface area contributed by atoms with E-state index in [0.29, 0.717) is 57.8 Å². The van der Waals surface area contributed by atoms with Crippen molar-refractivity contribution in [2.75, 3.05) is 49.6 Å². The summed E-state index contributed by atoms with van der Waals surface area (Å²) in [6.45, 7) is 2.96. The maximum Gasteiger partial charge on any atom is 0.573 e. The lowest BCUT2D eigenvalue weighted by Crippen LogP contribution is -2.59. The fraction of sp³-hybridized carbons (Fsp3) is 0.407. The zero-order chi connectivity index (χ0) is 29.6. The molecule has 12 nitrogen and oxygen atoms in total. The van der Waals surface area contributed by atoms with E-state index in [2.05, 4.69) is 20.4 Å². The molecule has 0 unspecified atom stereocenters. The number of ether oxygens (including phenoxy) is 2. The molecule has 3 aromatic rings. The highest BCUT2D eigenvalue weighted by Gasteiger charge is 2.54. The van der Waals surface area contributed by atoms with E-state index in [1.807, 2.05) is 9.80 Å². The lowest BCUT2D eigenvalue weighted by atomic mass is 10.1. The highest BCUT2D eigenvalue weighted by Crippen LogP contribution is 2.44. The molecule has 0 spiro atoms. The molecule has 0 bridgehead atoms. The molecule has 1 aliphatic carbocycles. The van der Waals surface area contributed by atoms with Crippen molar-refractivity contribution in [1.82, 2.24) is 19.8 Å². The zero-order valence-electron chi connectivity index (χ0n) is 22.2. The second kappa shape index (κ2) is 10.5. The van der Waals surface area contributed by atoms with Gasteiger partial charge in [0.15, 0.2) is 5.75 Å². The van der Waals surface area contributed by atoms with Gasteiger partial charge in [-0.05, 0) is 49.2 Å². The average molecular weight is 589 g/mol. The van der Waals surface area contributed by atoms with Gasteiger partial charge in [-0.1, -0.05) is 0 Å². The van der Waals surface area contributed by atoms with Crippen molar-refractivity contribution in [2.45, 2.75) is 30.8 Å². The first-order chi connectivity index (χ1) is 20.0. The van der Waals surface area contributed by atoms with Crippen LogP contribution in [0, 0.1) is 0 Å². The summed E-state index contributed by atoms with van der Waals surface area (Å²) in [6.07, 6.45) is -3.69. The van der Waals surface area contributed by atoms with Crippen molar-refractivity contribution >= 4 is 34.3 Å². The second-order valence-electron chi connectivity index (χ2n) is 10.5. The number of alkyl halides is 3. The summed E-state index contributed by atoms with van der Waals surface area (Å²) in [5.41, 5.74) is -0.161. The number of carboxylic acid groups (broad SMARTS) is 1. The molecule has 6 rings (SSSR count). The molecule has 2 aliphatic heterocycles. The van der Waals surface area contributed by atoms with Crippen molar-refractivity contribution < 1.29 is 37.3 Å². The van der Waals surface area contributed by atoms with E-state index in [1.54, 1.807) is 18.2 Å². The number of carbonyl (C=O) groups excluding carboxylic acids is 1. The number of halogens is 3. The normalized spacial score (nSPS) is 18.8. The third-order valence-corrected chi connectivity index (χ3v) is 7.79. The summed E-state index contributed by atoms with van der Waals surface area (Å²) in [4.78, 5) is 45.9. The number of fused-ring (bicyclic) bond motifs is 1. The molecule has 2 amide bonds. The van der Waals surface area contributed by atoms with Gasteiger partial charge in [0.2, 0.25) is 5.91 Å². The molecule has 0 radical (unpaired) electrons. The second-order valence-corrected chi connectivity index (χ2v) is 10.5. The molecule has 0 atom stereocenters. The minimum absolute atomic E-state index is 0.185. The molecule has 1 aromatic heterocycles. The summed E-state index contributed by atoms with van der Waals surface area (Å²) in [6, 6.07) is 8.43. The van der Waals surface area contributed by atoms with Crippen molar-refractivity contribution in [3.05, 3.63) is 53.1 Å². The van der Waals surface area contributed by atoms with Crippen LogP contribution in [-0.4, -0.2) is 88.9 Å². The standard InChI is InChI=1S/C27H27F3N6O6/c28-27(29,30)42-22-4-2-18(12-21(22)33-24(38)26(5-6-26)35-7-9-41-10-8-35)36-15-31-20-11-17(1-3-19(20)23(36)37)34-13-16(14-34)32-25(39)40/h1-4,11-12,15-16,32H,5-10,13-14H2,(H,33,38)(H,39,40). The molecule has 222 valence electrons. The molecule has 3 aliphatic rings. The molecule has 3 N–H and O–H groups in total. The highest BCUT2D eigenvalue weighted by atomic mass is 19.4. The van der Waals surface area contributed by atoms with Crippen molar-refractivity contribution in [1.29, 1.82) is 0 Å². The highest BCUT2D eigenvalue weighted by molar-refractivity contribution is 6.01. The maximum atomic E-state index is 13.4. The number of benzene rings is 2. The van der Waals surface area contributed by atoms with Crippen LogP contribution in [0.1, 0.15) is 12.8 Å². The van der Waals surface area contributed by atoms with Gasteiger partial charge in [0.05, 0.1) is 41.5 Å². The molecular weight excluding hydrogens is 561 g/mol. The van der Waals surface area contributed by atoms with Crippen LogP contribution in [0.3, 0.4) is 0 Å². The summed E-state index contributed by atoms with van der Waals surface area (Å²) >= 11 is 0. The summed E-state index contributed by atoms with van der Waals surface area (Å²) in [7, 11) is 0. The Labute approximate surface area is 236 Å². The summed E-state index contributed by atoms with van der Waals surface area (Å²) in [5.74, 6) is -1.05. The van der Waals surface area contributed by atoms with Gasteiger partial charge in [0.1, 0.15) is 11.9 Å². The fourth-order valence-corrected chi connectivity index (χ4v) is 5.46. The third kappa shape index (κ3) is 5.44. The minimum Gasteiger partial charge on any atom is -0.465 e.